The summed E-state index contributed by atoms with van der Waals surface area (Å²) in [6.45, 7) is 0. The zero-order valence-electron chi connectivity index (χ0n) is 27.5. The number of benzene rings is 7. The van der Waals surface area contributed by atoms with Crippen LogP contribution in [0.1, 0.15) is 0 Å². The second-order valence-corrected chi connectivity index (χ2v) is 12.8. The second-order valence-electron chi connectivity index (χ2n) is 12.8. The van der Waals surface area contributed by atoms with Crippen LogP contribution >= 0.6 is 0 Å². The number of rotatable bonds is 5. The lowest BCUT2D eigenvalue weighted by Gasteiger charge is -2.12. The van der Waals surface area contributed by atoms with Gasteiger partial charge in [-0.25, -0.2) is 15.0 Å². The van der Waals surface area contributed by atoms with Gasteiger partial charge in [-0.05, 0) is 46.2 Å². The molecule has 0 spiro atoms. The normalized spacial score (nSPS) is 11.5. The van der Waals surface area contributed by atoms with Crippen LogP contribution in [0.15, 0.2) is 180 Å². The van der Waals surface area contributed by atoms with E-state index in [1.54, 1.807) is 0 Å². The summed E-state index contributed by atoms with van der Waals surface area (Å²) in [5.74, 6) is 0.693. The average Bonchev–Trinajstić information content (AvgIpc) is 3.60. The Bertz CT molecular complexity index is 2840. The number of furan rings is 1. The quantitative estimate of drug-likeness (QED) is 0.186. The van der Waals surface area contributed by atoms with E-state index >= 15 is 0 Å². The Morgan fingerprint density at radius 1 is 0.392 bits per heavy atom. The summed E-state index contributed by atoms with van der Waals surface area (Å²) in [5, 5.41) is 5.68. The molecule has 10 aromatic rings. The van der Waals surface area contributed by atoms with Crippen molar-refractivity contribution in [3.05, 3.63) is 176 Å². The highest BCUT2D eigenvalue weighted by atomic mass is 16.3. The number of fused-ring (bicyclic) bond motifs is 6. The van der Waals surface area contributed by atoms with Gasteiger partial charge in [-0.15, -0.1) is 0 Å². The molecule has 0 saturated heterocycles. The number of pyridine rings is 1. The van der Waals surface area contributed by atoms with Crippen LogP contribution in [0.2, 0.25) is 0 Å². The summed E-state index contributed by atoms with van der Waals surface area (Å²) < 4.78 is 6.67. The highest BCUT2D eigenvalue weighted by molar-refractivity contribution is 6.24. The summed E-state index contributed by atoms with van der Waals surface area (Å²) in [4.78, 5) is 15.3. The molecule has 0 N–H and O–H groups in total. The van der Waals surface area contributed by atoms with Crippen molar-refractivity contribution in [2.75, 3.05) is 0 Å². The fourth-order valence-corrected chi connectivity index (χ4v) is 7.19. The number of para-hydroxylation sites is 1. The molecule has 7 aromatic carbocycles. The Morgan fingerprint density at radius 3 is 1.80 bits per heavy atom. The standard InChI is InChI=1S/C47H29N3O/c1-3-13-31(14-4-1)40-29-41(50-47(49-40)34-15-5-2-6-16-34)32-23-25-33(26-24-32)45-46-44(38-18-9-10-21-42(38)51-46)43-37(19-11-20-39(43)48-45)36-27-22-30-12-7-8-17-35(30)28-36/h1-29H. The molecule has 0 aliphatic carbocycles. The fourth-order valence-electron chi connectivity index (χ4n) is 7.19. The highest BCUT2D eigenvalue weighted by Gasteiger charge is 2.20. The van der Waals surface area contributed by atoms with Crippen molar-refractivity contribution in [3.63, 3.8) is 0 Å². The Balaban J connectivity index is 1.14. The van der Waals surface area contributed by atoms with Crippen molar-refractivity contribution in [1.82, 2.24) is 15.0 Å². The van der Waals surface area contributed by atoms with Gasteiger partial charge in [0.25, 0.3) is 0 Å². The van der Waals surface area contributed by atoms with Gasteiger partial charge in [0.1, 0.15) is 11.3 Å². The Kier molecular flexibility index (Phi) is 6.78. The zero-order valence-corrected chi connectivity index (χ0v) is 27.5. The molecule has 4 heteroatoms. The van der Waals surface area contributed by atoms with Gasteiger partial charge in [0, 0.05) is 38.4 Å². The number of hydrogen-bond donors (Lipinski definition) is 0. The van der Waals surface area contributed by atoms with Gasteiger partial charge < -0.3 is 4.42 Å². The molecular formula is C47H29N3O. The van der Waals surface area contributed by atoms with E-state index in [0.29, 0.717) is 5.82 Å². The van der Waals surface area contributed by atoms with E-state index in [4.69, 9.17) is 19.4 Å². The van der Waals surface area contributed by atoms with Crippen molar-refractivity contribution < 1.29 is 4.42 Å². The molecule has 0 bridgehead atoms. The molecule has 0 aliphatic heterocycles. The van der Waals surface area contributed by atoms with Crippen molar-refractivity contribution in [2.45, 2.75) is 0 Å². The van der Waals surface area contributed by atoms with Crippen LogP contribution < -0.4 is 0 Å². The maximum Gasteiger partial charge on any atom is 0.162 e. The number of nitrogens with zero attached hydrogens (tertiary/aromatic N) is 3. The predicted molar refractivity (Wildman–Crippen MR) is 209 cm³/mol. The van der Waals surface area contributed by atoms with Gasteiger partial charge in [0.05, 0.1) is 16.9 Å². The monoisotopic (exact) mass is 651 g/mol. The van der Waals surface area contributed by atoms with Crippen molar-refractivity contribution in [1.29, 1.82) is 0 Å². The highest BCUT2D eigenvalue weighted by Crippen LogP contribution is 2.43. The van der Waals surface area contributed by atoms with Gasteiger partial charge in [0.15, 0.2) is 11.4 Å². The fraction of sp³-hybridized carbons (Fsp3) is 0. The molecular weight excluding hydrogens is 623 g/mol. The molecule has 0 radical (unpaired) electrons. The average molecular weight is 652 g/mol. The first-order valence-corrected chi connectivity index (χ1v) is 17.1. The lowest BCUT2D eigenvalue weighted by atomic mass is 9.94. The van der Waals surface area contributed by atoms with E-state index in [-0.39, 0.29) is 0 Å². The van der Waals surface area contributed by atoms with Gasteiger partial charge in [-0.2, -0.15) is 0 Å². The van der Waals surface area contributed by atoms with E-state index in [0.717, 1.165) is 83.3 Å². The molecule has 0 unspecified atom stereocenters. The van der Waals surface area contributed by atoms with Crippen LogP contribution in [0.4, 0.5) is 0 Å². The molecule has 51 heavy (non-hydrogen) atoms. The van der Waals surface area contributed by atoms with E-state index in [1.165, 1.54) is 10.8 Å². The third-order valence-electron chi connectivity index (χ3n) is 9.68. The molecule has 238 valence electrons. The maximum absolute atomic E-state index is 6.67. The lowest BCUT2D eigenvalue weighted by Crippen LogP contribution is -1.96. The summed E-state index contributed by atoms with van der Waals surface area (Å²) >= 11 is 0. The lowest BCUT2D eigenvalue weighted by molar-refractivity contribution is 0.669. The summed E-state index contributed by atoms with van der Waals surface area (Å²) in [6, 6.07) is 60.8. The van der Waals surface area contributed by atoms with Crippen LogP contribution in [0.25, 0.3) is 99.9 Å². The topological polar surface area (TPSA) is 51.8 Å². The van der Waals surface area contributed by atoms with E-state index in [2.05, 4.69) is 115 Å². The minimum absolute atomic E-state index is 0.693. The molecule has 4 nitrogen and oxygen atoms in total. The van der Waals surface area contributed by atoms with Gasteiger partial charge >= 0.3 is 0 Å². The van der Waals surface area contributed by atoms with E-state index < -0.39 is 0 Å². The van der Waals surface area contributed by atoms with Crippen LogP contribution in [0.3, 0.4) is 0 Å². The van der Waals surface area contributed by atoms with Crippen molar-refractivity contribution in [2.24, 2.45) is 0 Å². The molecule has 0 aliphatic rings. The summed E-state index contributed by atoms with van der Waals surface area (Å²) in [5.41, 5.74) is 11.4. The summed E-state index contributed by atoms with van der Waals surface area (Å²) in [6.07, 6.45) is 0. The smallest absolute Gasteiger partial charge is 0.162 e. The molecule has 0 amide bonds. The second kappa shape index (κ2) is 11.9. The van der Waals surface area contributed by atoms with Crippen LogP contribution in [0, 0.1) is 0 Å². The first-order chi connectivity index (χ1) is 25.3. The van der Waals surface area contributed by atoms with Crippen LogP contribution in [-0.2, 0) is 0 Å². The molecule has 0 fully saturated rings. The summed E-state index contributed by atoms with van der Waals surface area (Å²) in [7, 11) is 0. The molecule has 3 heterocycles. The van der Waals surface area contributed by atoms with Crippen LogP contribution in [0.5, 0.6) is 0 Å². The Morgan fingerprint density at radius 2 is 1.02 bits per heavy atom. The van der Waals surface area contributed by atoms with Crippen molar-refractivity contribution in [3.8, 4) is 56.3 Å². The number of hydrogen-bond acceptors (Lipinski definition) is 4. The van der Waals surface area contributed by atoms with Gasteiger partial charge in [0.2, 0.25) is 0 Å². The Labute approximate surface area is 294 Å². The third kappa shape index (κ3) is 5.04. The van der Waals surface area contributed by atoms with Gasteiger partial charge in [-0.3, -0.25) is 0 Å². The van der Waals surface area contributed by atoms with Crippen LogP contribution in [-0.4, -0.2) is 15.0 Å². The zero-order chi connectivity index (χ0) is 33.7. The van der Waals surface area contributed by atoms with Crippen molar-refractivity contribution >= 4 is 43.6 Å². The minimum Gasteiger partial charge on any atom is -0.454 e. The molecule has 3 aromatic heterocycles. The third-order valence-corrected chi connectivity index (χ3v) is 9.68. The van der Waals surface area contributed by atoms with E-state index in [9.17, 15) is 0 Å². The largest absolute Gasteiger partial charge is 0.454 e. The first kappa shape index (κ1) is 29.0. The van der Waals surface area contributed by atoms with E-state index in [1.807, 2.05) is 60.7 Å². The SMILES string of the molecule is c1ccc(-c2cc(-c3ccc(-c4nc5cccc(-c6ccc7ccccc7c6)c5c5c4oc4ccccc45)cc3)nc(-c3ccccc3)n2)cc1. The molecule has 0 atom stereocenters. The Hall–Kier alpha value is -6.91. The minimum atomic E-state index is 0.693. The first-order valence-electron chi connectivity index (χ1n) is 17.1. The predicted octanol–water partition coefficient (Wildman–Crippen LogP) is 12.4. The number of aromatic nitrogens is 3. The molecule has 0 saturated carbocycles. The maximum atomic E-state index is 6.67. The molecule has 10 rings (SSSR count). The van der Waals surface area contributed by atoms with Gasteiger partial charge in [-0.1, -0.05) is 152 Å².